The van der Waals surface area contributed by atoms with Gasteiger partial charge in [0, 0.05) is 24.1 Å². The molecule has 0 fully saturated rings. The normalized spacial score (nSPS) is 11.1. The molecule has 0 saturated carbocycles. The fraction of sp³-hybridized carbons (Fsp3) is 0.167. The van der Waals surface area contributed by atoms with E-state index in [2.05, 4.69) is 45.1 Å². The van der Waals surface area contributed by atoms with Crippen molar-refractivity contribution in [1.29, 1.82) is 0 Å². The molecular formula is C12H12N4. The van der Waals surface area contributed by atoms with Crippen molar-refractivity contribution >= 4 is 10.9 Å². The molecule has 0 saturated heterocycles. The molecule has 0 N–H and O–H groups in total. The first kappa shape index (κ1) is 9.15. The van der Waals surface area contributed by atoms with Crippen LogP contribution in [0.2, 0.25) is 0 Å². The first-order valence-electron chi connectivity index (χ1n) is 5.18. The summed E-state index contributed by atoms with van der Waals surface area (Å²) in [6.07, 6.45) is 3.79. The number of benzene rings is 1. The van der Waals surface area contributed by atoms with Crippen LogP contribution in [0.15, 0.2) is 36.8 Å². The topological polar surface area (TPSA) is 35.6 Å². The van der Waals surface area contributed by atoms with Gasteiger partial charge in [-0.2, -0.15) is 5.10 Å². The van der Waals surface area contributed by atoms with Crippen molar-refractivity contribution in [3.05, 3.63) is 42.6 Å². The Bertz CT molecular complexity index is 648. The van der Waals surface area contributed by atoms with Crippen LogP contribution in [-0.4, -0.2) is 19.3 Å². The molecular weight excluding hydrogens is 200 g/mol. The standard InChI is InChI=1S/C12H12N4/c1-9-13-8-16(14-9)11-3-4-12-10(7-11)5-6-15(12)2/h3-8H,1-2H3. The lowest BCUT2D eigenvalue weighted by molar-refractivity contribution is 0.863. The fourth-order valence-electron chi connectivity index (χ4n) is 1.88. The summed E-state index contributed by atoms with van der Waals surface area (Å²) in [5.74, 6) is 0.785. The first-order valence-corrected chi connectivity index (χ1v) is 5.18. The van der Waals surface area contributed by atoms with E-state index in [-0.39, 0.29) is 0 Å². The van der Waals surface area contributed by atoms with E-state index < -0.39 is 0 Å². The molecule has 0 spiro atoms. The lowest BCUT2D eigenvalue weighted by atomic mass is 10.2. The van der Waals surface area contributed by atoms with Crippen LogP contribution >= 0.6 is 0 Å². The van der Waals surface area contributed by atoms with E-state index in [1.807, 2.05) is 14.0 Å². The van der Waals surface area contributed by atoms with E-state index in [1.54, 1.807) is 11.0 Å². The molecule has 2 heterocycles. The quantitative estimate of drug-likeness (QED) is 0.619. The first-order chi connectivity index (χ1) is 7.74. The average molecular weight is 212 g/mol. The monoisotopic (exact) mass is 212 g/mol. The maximum Gasteiger partial charge on any atom is 0.147 e. The van der Waals surface area contributed by atoms with Crippen LogP contribution in [0, 0.1) is 6.92 Å². The Hall–Kier alpha value is -2.10. The molecule has 0 unspecified atom stereocenters. The summed E-state index contributed by atoms with van der Waals surface area (Å²) in [5.41, 5.74) is 2.26. The predicted octanol–water partition coefficient (Wildman–Crippen LogP) is 2.07. The molecule has 0 atom stereocenters. The minimum Gasteiger partial charge on any atom is -0.351 e. The van der Waals surface area contributed by atoms with Crippen molar-refractivity contribution in [1.82, 2.24) is 19.3 Å². The molecule has 4 heteroatoms. The van der Waals surface area contributed by atoms with Gasteiger partial charge in [0.25, 0.3) is 0 Å². The Morgan fingerprint density at radius 1 is 1.19 bits per heavy atom. The van der Waals surface area contributed by atoms with Gasteiger partial charge in [-0.05, 0) is 31.2 Å². The van der Waals surface area contributed by atoms with Gasteiger partial charge in [0.05, 0.1) is 5.69 Å². The van der Waals surface area contributed by atoms with E-state index in [0.717, 1.165) is 11.5 Å². The Kier molecular flexibility index (Phi) is 1.83. The maximum absolute atomic E-state index is 4.29. The van der Waals surface area contributed by atoms with Crippen molar-refractivity contribution in [2.75, 3.05) is 0 Å². The summed E-state index contributed by atoms with van der Waals surface area (Å²) in [6, 6.07) is 8.37. The van der Waals surface area contributed by atoms with Crippen LogP contribution in [0.25, 0.3) is 16.6 Å². The summed E-state index contributed by atoms with van der Waals surface area (Å²) in [4.78, 5) is 4.12. The number of aromatic nitrogens is 4. The minimum atomic E-state index is 0.785. The highest BCUT2D eigenvalue weighted by molar-refractivity contribution is 5.82. The minimum absolute atomic E-state index is 0.785. The molecule has 2 aromatic heterocycles. The van der Waals surface area contributed by atoms with Gasteiger partial charge in [0.2, 0.25) is 0 Å². The van der Waals surface area contributed by atoms with Crippen LogP contribution in [0.3, 0.4) is 0 Å². The third-order valence-corrected chi connectivity index (χ3v) is 2.74. The fourth-order valence-corrected chi connectivity index (χ4v) is 1.88. The van der Waals surface area contributed by atoms with Crippen LogP contribution in [0.5, 0.6) is 0 Å². The van der Waals surface area contributed by atoms with E-state index in [9.17, 15) is 0 Å². The van der Waals surface area contributed by atoms with Gasteiger partial charge in [0.1, 0.15) is 12.2 Å². The average Bonchev–Trinajstić information content (AvgIpc) is 2.86. The van der Waals surface area contributed by atoms with Gasteiger partial charge in [0.15, 0.2) is 0 Å². The summed E-state index contributed by atoms with van der Waals surface area (Å²) in [6.45, 7) is 1.89. The van der Waals surface area contributed by atoms with Gasteiger partial charge in [-0.3, -0.25) is 0 Å². The highest BCUT2D eigenvalue weighted by atomic mass is 15.3. The van der Waals surface area contributed by atoms with Crippen molar-refractivity contribution in [3.63, 3.8) is 0 Å². The SMILES string of the molecule is Cc1ncn(-c2ccc3c(ccn3C)c2)n1. The predicted molar refractivity (Wildman–Crippen MR) is 62.6 cm³/mol. The lowest BCUT2D eigenvalue weighted by Crippen LogP contribution is -1.94. The third kappa shape index (κ3) is 1.31. The van der Waals surface area contributed by atoms with Crippen molar-refractivity contribution in [2.45, 2.75) is 6.92 Å². The molecule has 0 bridgehead atoms. The molecule has 0 aliphatic heterocycles. The van der Waals surface area contributed by atoms with Crippen molar-refractivity contribution in [2.24, 2.45) is 7.05 Å². The second-order valence-electron chi connectivity index (χ2n) is 3.91. The van der Waals surface area contributed by atoms with E-state index in [0.29, 0.717) is 0 Å². The van der Waals surface area contributed by atoms with Gasteiger partial charge in [-0.15, -0.1) is 0 Å². The van der Waals surface area contributed by atoms with Crippen molar-refractivity contribution in [3.8, 4) is 5.69 Å². The second-order valence-corrected chi connectivity index (χ2v) is 3.91. The van der Waals surface area contributed by atoms with Crippen LogP contribution < -0.4 is 0 Å². The van der Waals surface area contributed by atoms with Gasteiger partial charge in [-0.25, -0.2) is 9.67 Å². The third-order valence-electron chi connectivity index (χ3n) is 2.74. The summed E-state index contributed by atoms with van der Waals surface area (Å²) in [7, 11) is 2.04. The van der Waals surface area contributed by atoms with Crippen molar-refractivity contribution < 1.29 is 0 Å². The Morgan fingerprint density at radius 2 is 2.06 bits per heavy atom. The Morgan fingerprint density at radius 3 is 2.81 bits per heavy atom. The zero-order chi connectivity index (χ0) is 11.1. The van der Waals surface area contributed by atoms with Gasteiger partial charge in [-0.1, -0.05) is 0 Å². The Balaban J connectivity index is 2.18. The summed E-state index contributed by atoms with van der Waals surface area (Å²) in [5, 5.41) is 5.51. The summed E-state index contributed by atoms with van der Waals surface area (Å²) < 4.78 is 3.90. The molecule has 16 heavy (non-hydrogen) atoms. The van der Waals surface area contributed by atoms with E-state index in [1.165, 1.54) is 10.9 Å². The molecule has 0 amide bonds. The highest BCUT2D eigenvalue weighted by Crippen LogP contribution is 2.18. The summed E-state index contributed by atoms with van der Waals surface area (Å²) >= 11 is 0. The zero-order valence-corrected chi connectivity index (χ0v) is 9.25. The van der Waals surface area contributed by atoms with Gasteiger partial charge < -0.3 is 4.57 Å². The highest BCUT2D eigenvalue weighted by Gasteiger charge is 2.02. The largest absolute Gasteiger partial charge is 0.351 e. The second kappa shape index (κ2) is 3.20. The molecule has 4 nitrogen and oxygen atoms in total. The van der Waals surface area contributed by atoms with Crippen LogP contribution in [0.1, 0.15) is 5.82 Å². The number of hydrogen-bond acceptors (Lipinski definition) is 2. The van der Waals surface area contributed by atoms with Gasteiger partial charge >= 0.3 is 0 Å². The Labute approximate surface area is 93.1 Å². The molecule has 0 aliphatic carbocycles. The van der Waals surface area contributed by atoms with E-state index >= 15 is 0 Å². The zero-order valence-electron chi connectivity index (χ0n) is 9.25. The van der Waals surface area contributed by atoms with Crippen LogP contribution in [-0.2, 0) is 7.05 Å². The molecule has 0 aliphatic rings. The number of rotatable bonds is 1. The number of nitrogens with zero attached hydrogens (tertiary/aromatic N) is 4. The number of aryl methyl sites for hydroxylation is 2. The number of fused-ring (bicyclic) bond motifs is 1. The molecule has 0 radical (unpaired) electrons. The lowest BCUT2D eigenvalue weighted by Gasteiger charge is -2.01. The van der Waals surface area contributed by atoms with Crippen LogP contribution in [0.4, 0.5) is 0 Å². The van der Waals surface area contributed by atoms with E-state index in [4.69, 9.17) is 0 Å². The smallest absolute Gasteiger partial charge is 0.147 e. The molecule has 1 aromatic carbocycles. The molecule has 80 valence electrons. The molecule has 3 rings (SSSR count). The molecule has 3 aromatic rings. The maximum atomic E-state index is 4.29. The number of hydrogen-bond donors (Lipinski definition) is 0.